The fourth-order valence-electron chi connectivity index (χ4n) is 2.49. The molecule has 0 saturated heterocycles. The SMILES string of the molecule is COc1ccc(CNC(=O)c2ccc(-c3ccc(F)cc3)o2)cc1OC. The van der Waals surface area contributed by atoms with Gasteiger partial charge in [0.1, 0.15) is 11.6 Å². The highest BCUT2D eigenvalue weighted by Gasteiger charge is 2.13. The van der Waals surface area contributed by atoms with Crippen molar-refractivity contribution in [1.29, 1.82) is 0 Å². The first-order valence-electron chi connectivity index (χ1n) is 7.95. The number of halogens is 1. The molecule has 0 fully saturated rings. The minimum Gasteiger partial charge on any atom is -0.493 e. The van der Waals surface area contributed by atoms with Crippen LogP contribution < -0.4 is 14.8 Å². The molecule has 26 heavy (non-hydrogen) atoms. The Balaban J connectivity index is 1.66. The summed E-state index contributed by atoms with van der Waals surface area (Å²) >= 11 is 0. The number of carbonyl (C=O) groups is 1. The summed E-state index contributed by atoms with van der Waals surface area (Å²) < 4.78 is 29.0. The van der Waals surface area contributed by atoms with Gasteiger partial charge in [-0.2, -0.15) is 0 Å². The second kappa shape index (κ2) is 7.74. The lowest BCUT2D eigenvalue weighted by atomic mass is 10.2. The monoisotopic (exact) mass is 355 g/mol. The molecule has 0 aliphatic carbocycles. The number of benzene rings is 2. The van der Waals surface area contributed by atoms with Crippen molar-refractivity contribution in [3.63, 3.8) is 0 Å². The number of rotatable bonds is 6. The number of nitrogens with one attached hydrogen (secondary N) is 1. The predicted octanol–water partition coefficient (Wildman–Crippen LogP) is 4.03. The van der Waals surface area contributed by atoms with Crippen molar-refractivity contribution in [2.24, 2.45) is 0 Å². The number of carbonyl (C=O) groups excluding carboxylic acids is 1. The fourth-order valence-corrected chi connectivity index (χ4v) is 2.49. The van der Waals surface area contributed by atoms with Crippen LogP contribution >= 0.6 is 0 Å². The van der Waals surface area contributed by atoms with Crippen LogP contribution in [0.15, 0.2) is 59.0 Å². The van der Waals surface area contributed by atoms with Gasteiger partial charge >= 0.3 is 0 Å². The van der Waals surface area contributed by atoms with Gasteiger partial charge < -0.3 is 19.2 Å². The highest BCUT2D eigenvalue weighted by Crippen LogP contribution is 2.27. The van der Waals surface area contributed by atoms with Gasteiger partial charge in [-0.1, -0.05) is 6.07 Å². The summed E-state index contributed by atoms with van der Waals surface area (Å²) in [7, 11) is 3.12. The molecule has 1 amide bonds. The normalized spacial score (nSPS) is 10.4. The van der Waals surface area contributed by atoms with Gasteiger partial charge in [0.2, 0.25) is 0 Å². The van der Waals surface area contributed by atoms with Crippen LogP contribution in [0.2, 0.25) is 0 Å². The summed E-state index contributed by atoms with van der Waals surface area (Å²) in [6, 6.07) is 14.6. The molecule has 1 N–H and O–H groups in total. The van der Waals surface area contributed by atoms with E-state index < -0.39 is 0 Å². The Morgan fingerprint density at radius 3 is 2.42 bits per heavy atom. The summed E-state index contributed by atoms with van der Waals surface area (Å²) in [5.74, 6) is 1.24. The first kappa shape index (κ1) is 17.5. The maximum absolute atomic E-state index is 13.0. The van der Waals surface area contributed by atoms with Gasteiger partial charge in [-0.05, 0) is 54.1 Å². The van der Waals surface area contributed by atoms with Crippen molar-refractivity contribution in [2.75, 3.05) is 14.2 Å². The second-order valence-corrected chi connectivity index (χ2v) is 5.54. The van der Waals surface area contributed by atoms with Gasteiger partial charge in [-0.25, -0.2) is 4.39 Å². The van der Waals surface area contributed by atoms with Gasteiger partial charge in [-0.3, -0.25) is 4.79 Å². The smallest absolute Gasteiger partial charge is 0.287 e. The number of hydrogen-bond acceptors (Lipinski definition) is 4. The molecule has 0 bridgehead atoms. The van der Waals surface area contributed by atoms with E-state index in [1.165, 1.54) is 12.1 Å². The summed E-state index contributed by atoms with van der Waals surface area (Å²) in [6.45, 7) is 0.311. The lowest BCUT2D eigenvalue weighted by Gasteiger charge is -2.10. The number of ether oxygens (including phenoxy) is 2. The fraction of sp³-hybridized carbons (Fsp3) is 0.150. The van der Waals surface area contributed by atoms with E-state index in [4.69, 9.17) is 13.9 Å². The molecule has 0 unspecified atom stereocenters. The molecule has 0 spiro atoms. The number of furan rings is 1. The van der Waals surface area contributed by atoms with Crippen LogP contribution in [0.25, 0.3) is 11.3 Å². The summed E-state index contributed by atoms with van der Waals surface area (Å²) in [4.78, 5) is 12.3. The van der Waals surface area contributed by atoms with Crippen molar-refractivity contribution in [3.05, 3.63) is 71.7 Å². The van der Waals surface area contributed by atoms with E-state index >= 15 is 0 Å². The lowest BCUT2D eigenvalue weighted by molar-refractivity contribution is 0.0924. The van der Waals surface area contributed by atoms with Crippen molar-refractivity contribution in [2.45, 2.75) is 6.54 Å². The molecule has 1 aromatic heterocycles. The molecule has 134 valence electrons. The molecule has 6 heteroatoms. The minimum absolute atomic E-state index is 0.185. The average Bonchev–Trinajstić information content (AvgIpc) is 3.16. The first-order valence-corrected chi connectivity index (χ1v) is 7.95. The molecule has 0 aliphatic heterocycles. The maximum Gasteiger partial charge on any atom is 0.287 e. The van der Waals surface area contributed by atoms with Crippen LogP contribution in [0.3, 0.4) is 0 Å². The first-order chi connectivity index (χ1) is 12.6. The van der Waals surface area contributed by atoms with E-state index in [-0.39, 0.29) is 17.5 Å². The van der Waals surface area contributed by atoms with E-state index in [9.17, 15) is 9.18 Å². The minimum atomic E-state index is -0.340. The van der Waals surface area contributed by atoms with E-state index in [0.29, 0.717) is 29.4 Å². The summed E-state index contributed by atoms with van der Waals surface area (Å²) in [5, 5.41) is 2.79. The van der Waals surface area contributed by atoms with E-state index in [2.05, 4.69) is 5.32 Å². The van der Waals surface area contributed by atoms with Gasteiger partial charge in [0.15, 0.2) is 17.3 Å². The molecule has 0 radical (unpaired) electrons. The number of methoxy groups -OCH3 is 2. The van der Waals surface area contributed by atoms with Crippen LogP contribution in [0.5, 0.6) is 11.5 Å². The predicted molar refractivity (Wildman–Crippen MR) is 94.8 cm³/mol. The Bertz CT molecular complexity index is 902. The number of amides is 1. The van der Waals surface area contributed by atoms with Crippen LogP contribution in [0.1, 0.15) is 16.1 Å². The van der Waals surface area contributed by atoms with Crippen molar-refractivity contribution < 1.29 is 23.1 Å². The van der Waals surface area contributed by atoms with Gasteiger partial charge in [-0.15, -0.1) is 0 Å². The quantitative estimate of drug-likeness (QED) is 0.725. The second-order valence-electron chi connectivity index (χ2n) is 5.54. The van der Waals surface area contributed by atoms with Crippen molar-refractivity contribution in [3.8, 4) is 22.8 Å². The third-order valence-corrected chi connectivity index (χ3v) is 3.86. The zero-order valence-corrected chi connectivity index (χ0v) is 14.4. The zero-order valence-electron chi connectivity index (χ0n) is 14.4. The summed E-state index contributed by atoms with van der Waals surface area (Å²) in [6.07, 6.45) is 0. The molecular weight excluding hydrogens is 337 g/mol. The maximum atomic E-state index is 13.0. The Labute approximate surface area is 150 Å². The van der Waals surface area contributed by atoms with E-state index in [1.54, 1.807) is 50.6 Å². The Kier molecular flexibility index (Phi) is 5.22. The van der Waals surface area contributed by atoms with Crippen LogP contribution in [-0.2, 0) is 6.54 Å². The molecule has 1 heterocycles. The Hall–Kier alpha value is -3.28. The molecule has 0 aliphatic rings. The van der Waals surface area contributed by atoms with Crippen LogP contribution in [0.4, 0.5) is 4.39 Å². The topological polar surface area (TPSA) is 60.7 Å². The number of hydrogen-bond donors (Lipinski definition) is 1. The molecule has 3 aromatic rings. The summed E-state index contributed by atoms with van der Waals surface area (Å²) in [5.41, 5.74) is 1.56. The van der Waals surface area contributed by atoms with Crippen LogP contribution in [-0.4, -0.2) is 20.1 Å². The molecule has 2 aromatic carbocycles. The van der Waals surface area contributed by atoms with Gasteiger partial charge in [0.05, 0.1) is 14.2 Å². The van der Waals surface area contributed by atoms with Crippen LogP contribution in [0, 0.1) is 5.82 Å². The van der Waals surface area contributed by atoms with Crippen molar-refractivity contribution >= 4 is 5.91 Å². The molecular formula is C20H18FNO4. The Morgan fingerprint density at radius 2 is 1.73 bits per heavy atom. The largest absolute Gasteiger partial charge is 0.493 e. The zero-order chi connectivity index (χ0) is 18.5. The molecule has 3 rings (SSSR count). The highest BCUT2D eigenvalue weighted by atomic mass is 19.1. The van der Waals surface area contributed by atoms with Gasteiger partial charge in [0.25, 0.3) is 5.91 Å². The highest BCUT2D eigenvalue weighted by molar-refractivity contribution is 5.92. The lowest BCUT2D eigenvalue weighted by Crippen LogP contribution is -2.22. The van der Waals surface area contributed by atoms with Crippen molar-refractivity contribution in [1.82, 2.24) is 5.32 Å². The third kappa shape index (κ3) is 3.85. The van der Waals surface area contributed by atoms with Gasteiger partial charge in [0, 0.05) is 12.1 Å². The van der Waals surface area contributed by atoms with E-state index in [0.717, 1.165) is 5.56 Å². The standard InChI is InChI=1S/C20H18FNO4/c1-24-17-8-3-13(11-19(17)25-2)12-22-20(23)18-10-9-16(26-18)14-4-6-15(21)7-5-14/h3-11H,12H2,1-2H3,(H,22,23). The molecule has 0 saturated carbocycles. The Morgan fingerprint density at radius 1 is 1.00 bits per heavy atom. The van der Waals surface area contributed by atoms with E-state index in [1.807, 2.05) is 6.07 Å². The average molecular weight is 355 g/mol. The third-order valence-electron chi connectivity index (χ3n) is 3.86. The molecule has 5 nitrogen and oxygen atoms in total. The molecule has 0 atom stereocenters.